The zero-order chi connectivity index (χ0) is 14.0. The third kappa shape index (κ3) is 4.70. The van der Waals surface area contributed by atoms with Gasteiger partial charge in [-0.25, -0.2) is 0 Å². The Hall–Kier alpha value is -1.82. The Balaban J connectivity index is 1.81. The summed E-state index contributed by atoms with van der Waals surface area (Å²) in [5, 5.41) is 0. The zero-order valence-electron chi connectivity index (χ0n) is 12.3. The van der Waals surface area contributed by atoms with E-state index in [4.69, 9.17) is 0 Å². The molecule has 0 amide bonds. The molecule has 2 aromatic rings. The summed E-state index contributed by atoms with van der Waals surface area (Å²) >= 11 is 0. The van der Waals surface area contributed by atoms with Crippen molar-refractivity contribution in [3.05, 3.63) is 83.9 Å². The predicted molar refractivity (Wildman–Crippen MR) is 88.0 cm³/mol. The minimum atomic E-state index is 0.567. The average molecular weight is 264 g/mol. The van der Waals surface area contributed by atoms with E-state index < -0.39 is 0 Å². The quantitative estimate of drug-likeness (QED) is 0.440. The summed E-state index contributed by atoms with van der Waals surface area (Å²) in [5.41, 5.74) is 2.89. The first-order valence-electron chi connectivity index (χ1n) is 7.62. The summed E-state index contributed by atoms with van der Waals surface area (Å²) in [6, 6.07) is 21.6. The molecule has 2 rings (SSSR count). The number of rotatable bonds is 7. The summed E-state index contributed by atoms with van der Waals surface area (Å²) in [4.78, 5) is 0. The summed E-state index contributed by atoms with van der Waals surface area (Å²) in [7, 11) is 0. The third-order valence-corrected chi connectivity index (χ3v) is 3.73. The second-order valence-electron chi connectivity index (χ2n) is 5.27. The highest BCUT2D eigenvalue weighted by molar-refractivity contribution is 5.23. The van der Waals surface area contributed by atoms with Gasteiger partial charge in [0.05, 0.1) is 0 Å². The topological polar surface area (TPSA) is 0 Å². The van der Waals surface area contributed by atoms with Gasteiger partial charge in [-0.1, -0.05) is 79.2 Å². The van der Waals surface area contributed by atoms with Gasteiger partial charge in [0.1, 0.15) is 0 Å². The predicted octanol–water partition coefficient (Wildman–Crippen LogP) is 5.76. The van der Waals surface area contributed by atoms with Gasteiger partial charge < -0.3 is 0 Å². The van der Waals surface area contributed by atoms with Crippen LogP contribution in [0.25, 0.3) is 0 Å². The second kappa shape index (κ2) is 8.37. The number of allylic oxidation sites excluding steroid dienone is 2. The van der Waals surface area contributed by atoms with Crippen molar-refractivity contribution >= 4 is 0 Å². The molecule has 20 heavy (non-hydrogen) atoms. The van der Waals surface area contributed by atoms with Crippen LogP contribution in [0, 0.1) is 0 Å². The van der Waals surface area contributed by atoms with E-state index in [0.717, 1.165) is 0 Å². The van der Waals surface area contributed by atoms with Crippen LogP contribution in [0.2, 0.25) is 0 Å². The molecule has 0 aromatic heterocycles. The highest BCUT2D eigenvalue weighted by atomic mass is 14.1. The van der Waals surface area contributed by atoms with Crippen LogP contribution in [-0.4, -0.2) is 0 Å². The van der Waals surface area contributed by atoms with E-state index in [1.165, 1.54) is 36.8 Å². The Morgan fingerprint density at radius 2 is 1.50 bits per heavy atom. The molecule has 1 unspecified atom stereocenters. The summed E-state index contributed by atoms with van der Waals surface area (Å²) < 4.78 is 0. The lowest BCUT2D eigenvalue weighted by Gasteiger charge is -2.13. The molecule has 0 radical (unpaired) electrons. The van der Waals surface area contributed by atoms with Gasteiger partial charge in [0.25, 0.3) is 0 Å². The first-order chi connectivity index (χ1) is 9.90. The van der Waals surface area contributed by atoms with Gasteiger partial charge >= 0.3 is 0 Å². The van der Waals surface area contributed by atoms with Crippen LogP contribution in [0.4, 0.5) is 0 Å². The third-order valence-electron chi connectivity index (χ3n) is 3.73. The molecule has 104 valence electrons. The van der Waals surface area contributed by atoms with Crippen molar-refractivity contribution in [2.24, 2.45) is 0 Å². The maximum atomic E-state index is 2.33. The number of aryl methyl sites for hydroxylation is 1. The monoisotopic (exact) mass is 264 g/mol. The number of hydrogen-bond acceptors (Lipinski definition) is 0. The van der Waals surface area contributed by atoms with Gasteiger partial charge in [-0.3, -0.25) is 0 Å². The first kappa shape index (κ1) is 14.6. The Morgan fingerprint density at radius 3 is 2.15 bits per heavy atom. The van der Waals surface area contributed by atoms with Crippen molar-refractivity contribution in [2.75, 3.05) is 0 Å². The SMILES string of the molecule is CC=CC(CCCCc1ccccc1)c1ccccc1. The summed E-state index contributed by atoms with van der Waals surface area (Å²) in [6.07, 6.45) is 9.48. The van der Waals surface area contributed by atoms with E-state index in [2.05, 4.69) is 79.7 Å². The van der Waals surface area contributed by atoms with Crippen LogP contribution in [0.3, 0.4) is 0 Å². The normalized spacial score (nSPS) is 12.7. The minimum Gasteiger partial charge on any atom is -0.0910 e. The van der Waals surface area contributed by atoms with Crippen LogP contribution in [0.5, 0.6) is 0 Å². The van der Waals surface area contributed by atoms with Crippen molar-refractivity contribution in [1.82, 2.24) is 0 Å². The molecule has 0 heterocycles. The second-order valence-corrected chi connectivity index (χ2v) is 5.27. The molecule has 2 aromatic carbocycles. The van der Waals surface area contributed by atoms with Crippen molar-refractivity contribution in [3.8, 4) is 0 Å². The molecule has 0 heteroatoms. The fraction of sp³-hybridized carbons (Fsp3) is 0.300. The van der Waals surface area contributed by atoms with Crippen LogP contribution in [-0.2, 0) is 6.42 Å². The smallest absolute Gasteiger partial charge is 0.00178 e. The van der Waals surface area contributed by atoms with E-state index in [0.29, 0.717) is 5.92 Å². The van der Waals surface area contributed by atoms with Crippen molar-refractivity contribution in [3.63, 3.8) is 0 Å². The Bertz CT molecular complexity index is 496. The highest BCUT2D eigenvalue weighted by Gasteiger charge is 2.06. The molecule has 1 atom stereocenters. The largest absolute Gasteiger partial charge is 0.0910 e. The van der Waals surface area contributed by atoms with Crippen molar-refractivity contribution in [2.45, 2.75) is 38.5 Å². The molecule has 0 bridgehead atoms. The number of benzene rings is 2. The van der Waals surface area contributed by atoms with E-state index in [1.807, 2.05) is 0 Å². The van der Waals surface area contributed by atoms with Crippen LogP contribution in [0.1, 0.15) is 43.2 Å². The van der Waals surface area contributed by atoms with Gasteiger partial charge in [-0.05, 0) is 37.3 Å². The lowest BCUT2D eigenvalue weighted by Crippen LogP contribution is -1.96. The molecular formula is C20H24. The van der Waals surface area contributed by atoms with E-state index >= 15 is 0 Å². The van der Waals surface area contributed by atoms with E-state index in [9.17, 15) is 0 Å². The number of unbranched alkanes of at least 4 members (excludes halogenated alkanes) is 1. The molecule has 0 nitrogen and oxygen atoms in total. The van der Waals surface area contributed by atoms with Gasteiger partial charge in [-0.2, -0.15) is 0 Å². The fourth-order valence-electron chi connectivity index (χ4n) is 2.64. The van der Waals surface area contributed by atoms with Crippen molar-refractivity contribution < 1.29 is 0 Å². The standard InChI is InChI=1S/C20H24/c1-2-11-19(20-15-7-4-8-16-20)17-10-9-14-18-12-5-3-6-13-18/h2-8,11-13,15-16,19H,9-10,14,17H2,1H3. The lowest BCUT2D eigenvalue weighted by molar-refractivity contribution is 0.636. The molecule has 0 spiro atoms. The molecule has 0 N–H and O–H groups in total. The molecule has 0 aliphatic carbocycles. The molecular weight excluding hydrogens is 240 g/mol. The van der Waals surface area contributed by atoms with Crippen LogP contribution >= 0.6 is 0 Å². The minimum absolute atomic E-state index is 0.567. The average Bonchev–Trinajstić information content (AvgIpc) is 2.52. The first-order valence-corrected chi connectivity index (χ1v) is 7.62. The summed E-state index contributed by atoms with van der Waals surface area (Å²) in [5.74, 6) is 0.567. The molecule has 0 aliphatic rings. The van der Waals surface area contributed by atoms with E-state index in [-0.39, 0.29) is 0 Å². The fourth-order valence-corrected chi connectivity index (χ4v) is 2.64. The van der Waals surface area contributed by atoms with Crippen LogP contribution < -0.4 is 0 Å². The molecule has 0 saturated heterocycles. The van der Waals surface area contributed by atoms with Crippen molar-refractivity contribution in [1.29, 1.82) is 0 Å². The van der Waals surface area contributed by atoms with Crippen LogP contribution in [0.15, 0.2) is 72.8 Å². The van der Waals surface area contributed by atoms with Gasteiger partial charge in [0.15, 0.2) is 0 Å². The zero-order valence-corrected chi connectivity index (χ0v) is 12.3. The Kier molecular flexibility index (Phi) is 6.10. The molecule has 0 saturated carbocycles. The van der Waals surface area contributed by atoms with Gasteiger partial charge in [-0.15, -0.1) is 0 Å². The maximum absolute atomic E-state index is 2.33. The molecule has 0 aliphatic heterocycles. The molecule has 0 fully saturated rings. The lowest BCUT2D eigenvalue weighted by atomic mass is 9.92. The van der Waals surface area contributed by atoms with Gasteiger partial charge in [0.2, 0.25) is 0 Å². The van der Waals surface area contributed by atoms with Gasteiger partial charge in [0, 0.05) is 5.92 Å². The Morgan fingerprint density at radius 1 is 0.850 bits per heavy atom. The summed E-state index contributed by atoms with van der Waals surface area (Å²) in [6.45, 7) is 2.11. The Labute approximate surface area is 123 Å². The highest BCUT2D eigenvalue weighted by Crippen LogP contribution is 2.23. The maximum Gasteiger partial charge on any atom is 0.00178 e. The van der Waals surface area contributed by atoms with E-state index in [1.54, 1.807) is 0 Å². The number of hydrogen-bond donors (Lipinski definition) is 0.